The predicted octanol–water partition coefficient (Wildman–Crippen LogP) is 5.09. The van der Waals surface area contributed by atoms with Gasteiger partial charge >= 0.3 is 0 Å². The van der Waals surface area contributed by atoms with Gasteiger partial charge in [0.2, 0.25) is 0 Å². The molecule has 0 aliphatic rings. The van der Waals surface area contributed by atoms with Crippen molar-refractivity contribution in [2.75, 3.05) is 0 Å². The van der Waals surface area contributed by atoms with Crippen molar-refractivity contribution in [3.05, 3.63) is 38.0 Å². The van der Waals surface area contributed by atoms with Gasteiger partial charge in [0.25, 0.3) is 0 Å². The summed E-state index contributed by atoms with van der Waals surface area (Å²) in [7, 11) is -1.80. The van der Waals surface area contributed by atoms with Gasteiger partial charge in [-0.3, -0.25) is 0 Å². The topological polar surface area (TPSA) is 9.23 Å². The summed E-state index contributed by atoms with van der Waals surface area (Å²) in [6.07, 6.45) is 7.29. The van der Waals surface area contributed by atoms with Crippen LogP contribution in [0, 0.1) is 0 Å². The molecule has 0 spiro atoms. The van der Waals surface area contributed by atoms with Crippen LogP contribution in [0.4, 0.5) is 0 Å². The molecule has 98 valence electrons. The molecule has 0 rings (SSSR count). The lowest BCUT2D eigenvalue weighted by atomic mass is 9.96. The van der Waals surface area contributed by atoms with E-state index >= 15 is 0 Å². The molecular weight excluding hydrogens is 224 g/mol. The third-order valence-electron chi connectivity index (χ3n) is 3.62. The van der Waals surface area contributed by atoms with Crippen LogP contribution in [-0.4, -0.2) is 13.9 Å². The predicted molar refractivity (Wildman–Crippen MR) is 80.8 cm³/mol. The van der Waals surface area contributed by atoms with Gasteiger partial charge in [-0.25, -0.2) is 0 Å². The molecule has 0 aromatic carbocycles. The fourth-order valence-electron chi connectivity index (χ4n) is 1.52. The van der Waals surface area contributed by atoms with Gasteiger partial charge in [0, 0.05) is 0 Å². The SMILES string of the molecule is C=CCC(C=C)(CC=C)O[Si](C)(C)C(C)(C)C. The van der Waals surface area contributed by atoms with Gasteiger partial charge in [0.1, 0.15) is 0 Å². The Morgan fingerprint density at radius 3 is 1.65 bits per heavy atom. The Hall–Kier alpha value is -0.603. The van der Waals surface area contributed by atoms with Crippen LogP contribution in [-0.2, 0) is 4.43 Å². The van der Waals surface area contributed by atoms with Crippen molar-refractivity contribution in [1.82, 2.24) is 0 Å². The van der Waals surface area contributed by atoms with Crippen LogP contribution in [0.3, 0.4) is 0 Å². The molecule has 0 radical (unpaired) electrons. The zero-order chi connectivity index (χ0) is 13.7. The van der Waals surface area contributed by atoms with Crippen molar-refractivity contribution in [2.24, 2.45) is 0 Å². The Labute approximate surface area is 108 Å². The van der Waals surface area contributed by atoms with Gasteiger partial charge in [-0.15, -0.1) is 19.7 Å². The lowest BCUT2D eigenvalue weighted by Crippen LogP contribution is -2.48. The first kappa shape index (κ1) is 16.4. The second-order valence-electron chi connectivity index (χ2n) is 6.12. The summed E-state index contributed by atoms with van der Waals surface area (Å²) in [5.41, 5.74) is -0.327. The number of hydrogen-bond acceptors (Lipinski definition) is 1. The first-order valence-electron chi connectivity index (χ1n) is 6.20. The van der Waals surface area contributed by atoms with E-state index in [1.54, 1.807) is 0 Å². The summed E-state index contributed by atoms with van der Waals surface area (Å²) >= 11 is 0. The normalized spacial score (nSPS) is 13.2. The van der Waals surface area contributed by atoms with E-state index in [4.69, 9.17) is 4.43 Å². The number of rotatable bonds is 7. The summed E-state index contributed by atoms with van der Waals surface area (Å²) in [6, 6.07) is 0. The van der Waals surface area contributed by atoms with Crippen molar-refractivity contribution in [3.8, 4) is 0 Å². The zero-order valence-electron chi connectivity index (χ0n) is 12.2. The van der Waals surface area contributed by atoms with E-state index in [1.165, 1.54) is 0 Å². The average molecular weight is 252 g/mol. The maximum atomic E-state index is 6.50. The van der Waals surface area contributed by atoms with Crippen molar-refractivity contribution < 1.29 is 4.43 Å². The van der Waals surface area contributed by atoms with Gasteiger partial charge in [-0.05, 0) is 31.0 Å². The van der Waals surface area contributed by atoms with Crippen LogP contribution < -0.4 is 0 Å². The van der Waals surface area contributed by atoms with Gasteiger partial charge < -0.3 is 4.43 Å². The molecule has 17 heavy (non-hydrogen) atoms. The van der Waals surface area contributed by atoms with Crippen LogP contribution in [0.25, 0.3) is 0 Å². The molecule has 0 bridgehead atoms. The molecule has 0 N–H and O–H groups in total. The minimum Gasteiger partial charge on any atom is -0.407 e. The van der Waals surface area contributed by atoms with E-state index in [0.717, 1.165) is 12.8 Å². The largest absolute Gasteiger partial charge is 0.407 e. The molecule has 1 nitrogen and oxygen atoms in total. The second-order valence-corrected chi connectivity index (χ2v) is 10.8. The minimum absolute atomic E-state index is 0.198. The highest BCUT2D eigenvalue weighted by molar-refractivity contribution is 6.74. The molecule has 0 saturated heterocycles. The van der Waals surface area contributed by atoms with E-state index in [-0.39, 0.29) is 10.6 Å². The first-order chi connectivity index (χ1) is 7.64. The molecule has 0 aliphatic carbocycles. The Kier molecular flexibility index (Phi) is 5.62. The maximum Gasteiger partial charge on any atom is 0.193 e. The van der Waals surface area contributed by atoms with Gasteiger partial charge in [0.05, 0.1) is 5.60 Å². The van der Waals surface area contributed by atoms with Crippen LogP contribution in [0.5, 0.6) is 0 Å². The Balaban J connectivity index is 5.16. The van der Waals surface area contributed by atoms with Crippen LogP contribution in [0.2, 0.25) is 18.1 Å². The molecule has 0 fully saturated rings. The van der Waals surface area contributed by atoms with Gasteiger partial charge in [-0.2, -0.15) is 0 Å². The third kappa shape index (κ3) is 4.28. The van der Waals surface area contributed by atoms with E-state index < -0.39 is 8.32 Å². The second kappa shape index (κ2) is 5.83. The quantitative estimate of drug-likeness (QED) is 0.453. The Morgan fingerprint density at radius 2 is 1.41 bits per heavy atom. The van der Waals surface area contributed by atoms with Gasteiger partial charge in [-0.1, -0.05) is 39.0 Å². The summed E-state index contributed by atoms with van der Waals surface area (Å²) in [5.74, 6) is 0. The van der Waals surface area contributed by atoms with E-state index in [0.29, 0.717) is 0 Å². The maximum absolute atomic E-state index is 6.50. The fraction of sp³-hybridized carbons (Fsp3) is 0.600. The molecule has 0 aliphatic heterocycles. The van der Waals surface area contributed by atoms with E-state index in [1.807, 2.05) is 18.2 Å². The zero-order valence-corrected chi connectivity index (χ0v) is 13.2. The third-order valence-corrected chi connectivity index (χ3v) is 8.15. The fourth-order valence-corrected chi connectivity index (χ4v) is 3.10. The van der Waals surface area contributed by atoms with Crippen LogP contribution in [0.1, 0.15) is 33.6 Å². The number of hydrogen-bond donors (Lipinski definition) is 0. The smallest absolute Gasteiger partial charge is 0.193 e. The van der Waals surface area contributed by atoms with Crippen LogP contribution in [0.15, 0.2) is 38.0 Å². The highest BCUT2D eigenvalue weighted by Gasteiger charge is 2.42. The molecular formula is C15H28OSi. The molecule has 0 unspecified atom stereocenters. The lowest BCUT2D eigenvalue weighted by molar-refractivity contribution is 0.108. The average Bonchev–Trinajstić information content (AvgIpc) is 2.16. The summed E-state index contributed by atoms with van der Waals surface area (Å²) < 4.78 is 6.50. The highest BCUT2D eigenvalue weighted by Crippen LogP contribution is 2.41. The lowest BCUT2D eigenvalue weighted by Gasteiger charge is -2.44. The molecule has 0 saturated carbocycles. The van der Waals surface area contributed by atoms with Crippen molar-refractivity contribution in [3.63, 3.8) is 0 Å². The molecule has 0 aromatic heterocycles. The van der Waals surface area contributed by atoms with Crippen molar-refractivity contribution >= 4 is 8.32 Å². The van der Waals surface area contributed by atoms with E-state index in [2.05, 4.69) is 53.6 Å². The monoisotopic (exact) mass is 252 g/mol. The molecule has 0 atom stereocenters. The summed E-state index contributed by atoms with van der Waals surface area (Å²) in [4.78, 5) is 0. The van der Waals surface area contributed by atoms with Gasteiger partial charge in [0.15, 0.2) is 8.32 Å². The first-order valence-corrected chi connectivity index (χ1v) is 9.10. The van der Waals surface area contributed by atoms with E-state index in [9.17, 15) is 0 Å². The van der Waals surface area contributed by atoms with Crippen LogP contribution >= 0.6 is 0 Å². The summed E-state index contributed by atoms with van der Waals surface area (Å²) in [6.45, 7) is 22.8. The Bertz CT molecular complexity index is 274. The highest BCUT2D eigenvalue weighted by atomic mass is 28.4. The molecule has 0 amide bonds. The minimum atomic E-state index is -1.80. The molecule has 2 heteroatoms. The molecule has 0 aromatic rings. The summed E-state index contributed by atoms with van der Waals surface area (Å²) in [5, 5.41) is 0.198. The standard InChI is InChI=1S/C15H28OSi/c1-9-12-15(11-3,13-10-2)16-17(7,8)14(4,5)6/h9-11H,1-3,12-13H2,4-8H3. The van der Waals surface area contributed by atoms with Crippen molar-refractivity contribution in [1.29, 1.82) is 0 Å². The Morgan fingerprint density at radius 1 is 1.00 bits per heavy atom. The molecule has 0 heterocycles. The van der Waals surface area contributed by atoms with Crippen molar-refractivity contribution in [2.45, 2.75) is 57.3 Å².